The minimum Gasteiger partial charge on any atom is -0.870 e. The SMILES string of the molecule is CN1C2CCC1CC(OC(=O)C(Nc1cccc(C(=O)O[C@@H](Cc3c(Cl)c[nH+]cc3Cl)c3ccc(OC(F)F)c(OCC4CC4)c3)c1)c1ccccc1)C2.[OH-]. The largest absolute Gasteiger partial charge is 0.870 e. The molecule has 3 heterocycles. The molecule has 0 radical (unpaired) electrons. The lowest BCUT2D eigenvalue weighted by atomic mass is 10.00. The lowest BCUT2D eigenvalue weighted by Gasteiger charge is -2.36. The Balaban J connectivity index is 0.00000514. The number of rotatable bonds is 15. The zero-order chi connectivity index (χ0) is 37.8. The van der Waals surface area contributed by atoms with Crippen LogP contribution >= 0.6 is 23.2 Å². The topological polar surface area (TPSA) is 130 Å². The number of carbonyl (C=O) groups is 2. The smallest absolute Gasteiger partial charge is 0.387 e. The molecule has 1 saturated carbocycles. The number of nitrogens with zero attached hydrogens (tertiary/aromatic N) is 1. The van der Waals surface area contributed by atoms with Crippen molar-refractivity contribution < 1.29 is 47.8 Å². The summed E-state index contributed by atoms with van der Waals surface area (Å²) in [5.74, 6) is -0.743. The Labute approximate surface area is 328 Å². The van der Waals surface area contributed by atoms with Crippen molar-refractivity contribution in [3.8, 4) is 11.5 Å². The predicted octanol–water partition coefficient (Wildman–Crippen LogP) is 8.48. The van der Waals surface area contributed by atoms with Crippen LogP contribution in [0, 0.1) is 5.92 Å². The van der Waals surface area contributed by atoms with Gasteiger partial charge in [0.05, 0.1) is 12.2 Å². The molecule has 55 heavy (non-hydrogen) atoms. The molecule has 2 saturated heterocycles. The van der Waals surface area contributed by atoms with E-state index in [-0.39, 0.29) is 35.1 Å². The second-order valence-electron chi connectivity index (χ2n) is 14.2. The number of benzene rings is 3. The fourth-order valence-corrected chi connectivity index (χ4v) is 7.85. The van der Waals surface area contributed by atoms with Gasteiger partial charge in [-0.3, -0.25) is 0 Å². The molecular formula is C41H43Cl2F2N3O7. The number of pyridine rings is 1. The highest BCUT2D eigenvalue weighted by Crippen LogP contribution is 2.39. The quantitative estimate of drug-likeness (QED) is 0.118. The van der Waals surface area contributed by atoms with Crippen LogP contribution in [0.5, 0.6) is 11.5 Å². The molecule has 7 rings (SSSR count). The molecule has 0 spiro atoms. The molecule has 4 atom stereocenters. The molecule has 10 nitrogen and oxygen atoms in total. The molecule has 3 fully saturated rings. The zero-order valence-electron chi connectivity index (χ0n) is 30.1. The molecule has 1 aliphatic carbocycles. The second-order valence-corrected chi connectivity index (χ2v) is 15.0. The summed E-state index contributed by atoms with van der Waals surface area (Å²) in [7, 11) is 2.14. The molecule has 14 heteroatoms. The highest BCUT2D eigenvalue weighted by molar-refractivity contribution is 6.35. The van der Waals surface area contributed by atoms with Crippen LogP contribution in [0.3, 0.4) is 0 Å². The van der Waals surface area contributed by atoms with Gasteiger partial charge in [-0.2, -0.15) is 8.78 Å². The van der Waals surface area contributed by atoms with Gasteiger partial charge >= 0.3 is 18.6 Å². The number of alkyl halides is 2. The van der Waals surface area contributed by atoms with Crippen LogP contribution in [0.15, 0.2) is 85.2 Å². The van der Waals surface area contributed by atoms with Gasteiger partial charge in [-0.05, 0) is 92.9 Å². The van der Waals surface area contributed by atoms with Crippen molar-refractivity contribution in [2.45, 2.75) is 81.9 Å². The van der Waals surface area contributed by atoms with Crippen molar-refractivity contribution in [2.24, 2.45) is 5.92 Å². The maximum absolute atomic E-state index is 13.9. The molecule has 4 aromatic rings. The fourth-order valence-electron chi connectivity index (χ4n) is 7.32. The van der Waals surface area contributed by atoms with E-state index in [9.17, 15) is 18.4 Å². The number of halogens is 4. The van der Waals surface area contributed by atoms with Crippen molar-refractivity contribution in [3.63, 3.8) is 0 Å². The lowest BCUT2D eigenvalue weighted by Crippen LogP contribution is -2.44. The maximum Gasteiger partial charge on any atom is 0.387 e. The van der Waals surface area contributed by atoms with E-state index in [1.165, 1.54) is 6.07 Å². The third kappa shape index (κ3) is 10.0. The van der Waals surface area contributed by atoms with E-state index in [1.54, 1.807) is 48.8 Å². The van der Waals surface area contributed by atoms with Crippen LogP contribution in [0.4, 0.5) is 14.5 Å². The zero-order valence-corrected chi connectivity index (χ0v) is 31.6. The summed E-state index contributed by atoms with van der Waals surface area (Å²) in [5.41, 5.74) is 2.40. The number of hydrogen-bond donors (Lipinski definition) is 1. The first kappa shape index (κ1) is 40.2. The first-order valence-corrected chi connectivity index (χ1v) is 19.0. The van der Waals surface area contributed by atoms with Gasteiger partial charge in [-0.1, -0.05) is 65.7 Å². The van der Waals surface area contributed by atoms with E-state index in [4.69, 9.17) is 42.1 Å². The molecule has 2 bridgehead atoms. The summed E-state index contributed by atoms with van der Waals surface area (Å²) in [6, 6.07) is 20.4. The van der Waals surface area contributed by atoms with Gasteiger partial charge in [0.1, 0.15) is 22.3 Å². The van der Waals surface area contributed by atoms with E-state index in [0.717, 1.165) is 44.1 Å². The Morgan fingerprint density at radius 1 is 0.891 bits per heavy atom. The van der Waals surface area contributed by atoms with E-state index in [1.807, 2.05) is 30.3 Å². The van der Waals surface area contributed by atoms with Gasteiger partial charge in [-0.25, -0.2) is 14.6 Å². The number of carbonyl (C=O) groups excluding carboxylic acids is 2. The fraction of sp³-hybridized carbons (Fsp3) is 0.390. The molecule has 3 unspecified atom stereocenters. The van der Waals surface area contributed by atoms with Crippen LogP contribution in [0.1, 0.15) is 77.7 Å². The standard InChI is InChI=1S/C41H41Cl2F2N3O6.H2O/c1-48-29-13-14-30(48)19-31(18-29)52-40(50)38(25-6-3-2-4-7-25)47-28-9-5-8-27(16-28)39(49)53-36(20-32-33(42)21-46-22-34(32)43)26-12-15-35(54-41(44)45)37(17-26)51-23-24-10-11-24;/h2-9,12,15-17,21-22,24,29-31,36,38,41,47H,10-11,13-14,18-20,23H2,1H3;1H2/t29?,30?,31?,36-,38?;/m0./s1. The number of aromatic amines is 1. The average molecular weight is 799 g/mol. The summed E-state index contributed by atoms with van der Waals surface area (Å²) >= 11 is 13.0. The van der Waals surface area contributed by atoms with Crippen molar-refractivity contribution >= 4 is 40.8 Å². The Hall–Kier alpha value is -4.49. The average Bonchev–Trinajstić information content (AvgIpc) is 3.97. The number of hydrogen-bond acceptors (Lipinski definition) is 9. The molecule has 2 aliphatic heterocycles. The molecular weight excluding hydrogens is 755 g/mol. The number of ether oxygens (including phenoxy) is 4. The minimum atomic E-state index is -3.06. The van der Waals surface area contributed by atoms with Gasteiger partial charge in [0, 0.05) is 29.8 Å². The van der Waals surface area contributed by atoms with Crippen molar-refractivity contribution in [3.05, 3.63) is 117 Å². The van der Waals surface area contributed by atoms with Gasteiger partial charge in [0.15, 0.2) is 29.9 Å². The summed E-state index contributed by atoms with van der Waals surface area (Å²) < 4.78 is 49.5. The van der Waals surface area contributed by atoms with E-state index in [0.29, 0.717) is 51.5 Å². The van der Waals surface area contributed by atoms with Gasteiger partial charge in [0.25, 0.3) is 0 Å². The van der Waals surface area contributed by atoms with Crippen molar-refractivity contribution in [1.29, 1.82) is 0 Å². The number of anilines is 1. The van der Waals surface area contributed by atoms with E-state index < -0.39 is 30.7 Å². The van der Waals surface area contributed by atoms with Gasteiger partial charge < -0.3 is 34.6 Å². The van der Waals surface area contributed by atoms with E-state index >= 15 is 0 Å². The molecule has 292 valence electrons. The molecule has 0 amide bonds. The van der Waals surface area contributed by atoms with Crippen molar-refractivity contribution in [2.75, 3.05) is 19.0 Å². The Morgan fingerprint density at radius 3 is 2.27 bits per heavy atom. The van der Waals surface area contributed by atoms with Crippen LogP contribution < -0.4 is 19.8 Å². The number of aromatic nitrogens is 1. The van der Waals surface area contributed by atoms with Crippen molar-refractivity contribution in [1.82, 2.24) is 4.90 Å². The summed E-state index contributed by atoms with van der Waals surface area (Å²) in [6.45, 7) is -2.71. The number of nitrogens with one attached hydrogen (secondary N) is 2. The number of piperidine rings is 1. The Bertz CT molecular complexity index is 1920. The molecule has 3 N–H and O–H groups in total. The molecule has 1 aromatic heterocycles. The summed E-state index contributed by atoms with van der Waals surface area (Å²) in [4.78, 5) is 33.0. The molecule has 3 aromatic carbocycles. The third-order valence-electron chi connectivity index (χ3n) is 10.5. The molecule has 3 aliphatic rings. The van der Waals surface area contributed by atoms with Crippen LogP contribution in [-0.4, -0.2) is 60.8 Å². The Kier molecular flexibility index (Phi) is 13.1. The normalized spacial score (nSPS) is 20.2. The number of esters is 2. The highest BCUT2D eigenvalue weighted by Gasteiger charge is 2.40. The second kappa shape index (κ2) is 18.0. The highest BCUT2D eigenvalue weighted by atomic mass is 35.5. The lowest BCUT2D eigenvalue weighted by molar-refractivity contribution is -0.377. The van der Waals surface area contributed by atoms with Crippen LogP contribution in [0.25, 0.3) is 0 Å². The maximum atomic E-state index is 13.9. The first-order valence-electron chi connectivity index (χ1n) is 18.2. The Morgan fingerprint density at radius 2 is 1.60 bits per heavy atom. The first-order chi connectivity index (χ1) is 26.1. The van der Waals surface area contributed by atoms with Gasteiger partial charge in [-0.15, -0.1) is 0 Å². The predicted molar refractivity (Wildman–Crippen MR) is 201 cm³/mol. The van der Waals surface area contributed by atoms with Crippen LogP contribution in [0.2, 0.25) is 10.0 Å². The number of fused-ring (bicyclic) bond motifs is 2. The summed E-state index contributed by atoms with van der Waals surface area (Å²) in [5, 5.41) is 3.95. The van der Waals surface area contributed by atoms with Crippen LogP contribution in [-0.2, 0) is 20.7 Å². The number of H-pyrrole nitrogens is 1. The monoisotopic (exact) mass is 797 g/mol. The summed E-state index contributed by atoms with van der Waals surface area (Å²) in [6.07, 6.45) is 7.86. The van der Waals surface area contributed by atoms with Gasteiger partial charge in [0.2, 0.25) is 0 Å². The third-order valence-corrected chi connectivity index (χ3v) is 11.2. The van der Waals surface area contributed by atoms with E-state index in [2.05, 4.69) is 22.2 Å². The minimum absolute atomic E-state index is 0.